The van der Waals surface area contributed by atoms with E-state index in [1.165, 1.54) is 50.7 Å². The van der Waals surface area contributed by atoms with Gasteiger partial charge >= 0.3 is 6.61 Å². The fourth-order valence-electron chi connectivity index (χ4n) is 6.22. The fourth-order valence-corrected chi connectivity index (χ4v) is 6.22. The molecule has 1 fully saturated rings. The third-order valence-electron chi connectivity index (χ3n) is 8.56. The first-order valence-corrected chi connectivity index (χ1v) is 15.2. The third-order valence-corrected chi connectivity index (χ3v) is 8.56. The summed E-state index contributed by atoms with van der Waals surface area (Å²) in [6, 6.07) is 12.6. The molecule has 3 aliphatic rings. The number of allylic oxidation sites excluding steroid dienone is 6. The van der Waals surface area contributed by atoms with Gasteiger partial charge in [0.2, 0.25) is 0 Å². The van der Waals surface area contributed by atoms with Crippen LogP contribution in [0.2, 0.25) is 0 Å². The number of nitrogens with zero attached hydrogens (tertiary/aromatic N) is 1. The molecule has 0 saturated heterocycles. The number of benzene rings is 2. The summed E-state index contributed by atoms with van der Waals surface area (Å²) >= 11 is 0. The van der Waals surface area contributed by atoms with Gasteiger partial charge in [-0.05, 0) is 67.1 Å². The molecule has 0 radical (unpaired) electrons. The van der Waals surface area contributed by atoms with E-state index in [0.717, 1.165) is 70.1 Å². The minimum atomic E-state index is -2.86. The second-order valence-corrected chi connectivity index (χ2v) is 11.6. The Labute approximate surface area is 248 Å². The fraction of sp³-hybridized carbons (Fsp3) is 0.389. The molecule has 220 valence electrons. The standard InChI is InChI=1S/C36H40F2N2O2/c1-24(10-9-13-26-11-5-3-6-12-26)35(41)30-21-18-28(22-25(30)2)40-33-15-8-4-7-14-31-32(23-39-34(31)33)27-16-19-29(20-17-27)42-36(37)38/h4,7,14-24,26,36,40H,3,5-6,8-13H2,1-2H3/b7-4-,31-14-,33-15-. The normalized spacial score (nSPS) is 21.1. The quantitative estimate of drug-likeness (QED) is 0.274. The van der Waals surface area contributed by atoms with E-state index in [-0.39, 0.29) is 17.5 Å². The molecule has 2 aromatic carbocycles. The number of Topliss-reactive ketones (excluding diaryl/α,β-unsaturated/α-hetero) is 1. The third kappa shape index (κ3) is 7.33. The lowest BCUT2D eigenvalue weighted by molar-refractivity contribution is -0.0498. The van der Waals surface area contributed by atoms with Crippen LogP contribution in [0.4, 0.5) is 14.5 Å². The number of aryl methyl sites for hydroxylation is 1. The number of nitrogens with one attached hydrogen (secondary N) is 1. The zero-order chi connectivity index (χ0) is 29.5. The lowest BCUT2D eigenvalue weighted by Crippen LogP contribution is -2.15. The van der Waals surface area contributed by atoms with Crippen LogP contribution in [0.3, 0.4) is 0 Å². The highest BCUT2D eigenvalue weighted by Crippen LogP contribution is 2.34. The van der Waals surface area contributed by atoms with Gasteiger partial charge in [-0.3, -0.25) is 9.79 Å². The second kappa shape index (κ2) is 13.9. The molecule has 0 amide bonds. The summed E-state index contributed by atoms with van der Waals surface area (Å²) in [5.41, 5.74) is 7.05. The molecule has 42 heavy (non-hydrogen) atoms. The van der Waals surface area contributed by atoms with Gasteiger partial charge in [0.1, 0.15) is 5.75 Å². The molecule has 1 aliphatic heterocycles. The number of fused-ring (bicyclic) bond motifs is 1. The maximum atomic E-state index is 13.3. The molecule has 0 spiro atoms. The Morgan fingerprint density at radius 3 is 2.60 bits per heavy atom. The van der Waals surface area contributed by atoms with E-state index in [9.17, 15) is 13.6 Å². The predicted molar refractivity (Wildman–Crippen MR) is 167 cm³/mol. The van der Waals surface area contributed by atoms with Crippen LogP contribution in [0.1, 0.15) is 86.2 Å². The Kier molecular flexibility index (Phi) is 9.83. The number of aliphatic imine (C=N–C) groups is 1. The van der Waals surface area contributed by atoms with Crippen molar-refractivity contribution in [3.05, 3.63) is 101 Å². The van der Waals surface area contributed by atoms with E-state index in [1.54, 1.807) is 12.1 Å². The molecular weight excluding hydrogens is 530 g/mol. The van der Waals surface area contributed by atoms with Gasteiger partial charge in [-0.2, -0.15) is 8.78 Å². The highest BCUT2D eigenvalue weighted by atomic mass is 19.3. The van der Waals surface area contributed by atoms with E-state index < -0.39 is 6.61 Å². The first-order chi connectivity index (χ1) is 20.4. The number of ether oxygens (including phenoxy) is 1. The van der Waals surface area contributed by atoms with Gasteiger partial charge in [0.05, 0.1) is 11.4 Å². The summed E-state index contributed by atoms with van der Waals surface area (Å²) in [5.74, 6) is 1.22. The lowest BCUT2D eigenvalue weighted by atomic mass is 9.84. The number of alkyl halides is 2. The molecule has 1 unspecified atom stereocenters. The average molecular weight is 571 g/mol. The number of hydrogen-bond acceptors (Lipinski definition) is 4. The topological polar surface area (TPSA) is 50.7 Å². The minimum absolute atomic E-state index is 0.0206. The molecule has 0 bridgehead atoms. The number of carbonyl (C=O) groups is 1. The number of anilines is 1. The van der Waals surface area contributed by atoms with Crippen LogP contribution in [-0.4, -0.2) is 18.1 Å². The van der Waals surface area contributed by atoms with Crippen LogP contribution < -0.4 is 10.1 Å². The van der Waals surface area contributed by atoms with Crippen molar-refractivity contribution in [3.63, 3.8) is 0 Å². The molecular formula is C36H40F2N2O2. The molecule has 1 saturated carbocycles. The van der Waals surface area contributed by atoms with E-state index >= 15 is 0 Å². The van der Waals surface area contributed by atoms with Crippen molar-refractivity contribution in [1.29, 1.82) is 0 Å². The summed E-state index contributed by atoms with van der Waals surface area (Å²) < 4.78 is 29.6. The monoisotopic (exact) mass is 570 g/mol. The van der Waals surface area contributed by atoms with Crippen molar-refractivity contribution in [1.82, 2.24) is 0 Å². The zero-order valence-corrected chi connectivity index (χ0v) is 24.5. The van der Waals surface area contributed by atoms with Crippen molar-refractivity contribution in [3.8, 4) is 5.75 Å². The van der Waals surface area contributed by atoms with Crippen LogP contribution in [0.5, 0.6) is 5.75 Å². The van der Waals surface area contributed by atoms with E-state index in [1.807, 2.05) is 43.5 Å². The second-order valence-electron chi connectivity index (χ2n) is 11.6. The number of rotatable bonds is 11. The first kappa shape index (κ1) is 29.7. The molecule has 2 aromatic rings. The largest absolute Gasteiger partial charge is 0.435 e. The molecule has 4 nitrogen and oxygen atoms in total. The van der Waals surface area contributed by atoms with Gasteiger partial charge in [-0.15, -0.1) is 0 Å². The summed E-state index contributed by atoms with van der Waals surface area (Å²) in [4.78, 5) is 18.0. The summed E-state index contributed by atoms with van der Waals surface area (Å²) in [5, 5.41) is 3.54. The maximum absolute atomic E-state index is 13.3. The molecule has 1 N–H and O–H groups in total. The minimum Gasteiger partial charge on any atom is -0.435 e. The van der Waals surface area contributed by atoms with Crippen molar-refractivity contribution in [2.45, 2.75) is 78.2 Å². The Morgan fingerprint density at radius 1 is 1.07 bits per heavy atom. The van der Waals surface area contributed by atoms with Gasteiger partial charge in [-0.1, -0.05) is 88.3 Å². The summed E-state index contributed by atoms with van der Waals surface area (Å²) in [6.45, 7) is 1.21. The first-order valence-electron chi connectivity index (χ1n) is 15.2. The molecule has 1 heterocycles. The van der Waals surface area contributed by atoms with Gasteiger partial charge in [0, 0.05) is 34.5 Å². The van der Waals surface area contributed by atoms with Gasteiger partial charge in [-0.25, -0.2) is 0 Å². The van der Waals surface area contributed by atoms with Gasteiger partial charge < -0.3 is 10.1 Å². The van der Waals surface area contributed by atoms with Crippen LogP contribution in [0.25, 0.3) is 5.57 Å². The van der Waals surface area contributed by atoms with Crippen molar-refractivity contribution >= 4 is 22.8 Å². The SMILES string of the molecule is Cc1cc(N/C2=C\C/C=C\C=C3\C(c4ccc(OC(F)F)cc4)=CN=C23)ccc1C(=O)C(C)CCCC1CCCCC1. The zero-order valence-electron chi connectivity index (χ0n) is 24.5. The summed E-state index contributed by atoms with van der Waals surface area (Å²) in [6.07, 6.45) is 20.9. The Morgan fingerprint density at radius 2 is 1.86 bits per heavy atom. The number of hydrogen-bond donors (Lipinski definition) is 1. The van der Waals surface area contributed by atoms with E-state index in [2.05, 4.69) is 29.1 Å². The van der Waals surface area contributed by atoms with Crippen molar-refractivity contribution < 1.29 is 18.3 Å². The highest BCUT2D eigenvalue weighted by Gasteiger charge is 2.24. The van der Waals surface area contributed by atoms with Gasteiger partial charge in [0.25, 0.3) is 0 Å². The van der Waals surface area contributed by atoms with Crippen LogP contribution >= 0.6 is 0 Å². The van der Waals surface area contributed by atoms with Crippen LogP contribution in [0.15, 0.2) is 89.2 Å². The summed E-state index contributed by atoms with van der Waals surface area (Å²) in [7, 11) is 0. The van der Waals surface area contributed by atoms with Crippen LogP contribution in [-0.2, 0) is 0 Å². The van der Waals surface area contributed by atoms with Crippen molar-refractivity contribution in [2.24, 2.45) is 16.8 Å². The predicted octanol–water partition coefficient (Wildman–Crippen LogP) is 9.84. The lowest BCUT2D eigenvalue weighted by Gasteiger charge is -2.22. The molecule has 5 rings (SSSR count). The highest BCUT2D eigenvalue weighted by molar-refractivity contribution is 6.25. The number of carbonyl (C=O) groups excluding carboxylic acids is 1. The van der Waals surface area contributed by atoms with E-state index in [0.29, 0.717) is 0 Å². The average Bonchev–Trinajstić information content (AvgIpc) is 3.38. The Bertz CT molecular complexity index is 1430. The number of ketones is 1. The van der Waals surface area contributed by atoms with Crippen LogP contribution in [0, 0.1) is 18.8 Å². The molecule has 1 atom stereocenters. The maximum Gasteiger partial charge on any atom is 0.387 e. The Hall–Kier alpha value is -3.80. The number of halogens is 2. The Balaban J connectivity index is 1.23. The smallest absolute Gasteiger partial charge is 0.387 e. The molecule has 6 heteroatoms. The van der Waals surface area contributed by atoms with Gasteiger partial charge in [0.15, 0.2) is 5.78 Å². The van der Waals surface area contributed by atoms with E-state index in [4.69, 9.17) is 4.99 Å². The molecule has 0 aromatic heterocycles. The van der Waals surface area contributed by atoms with Crippen molar-refractivity contribution in [2.75, 3.05) is 5.32 Å². The molecule has 2 aliphatic carbocycles.